The molecular weight excluding hydrogens is 218 g/mol. The first-order valence-corrected chi connectivity index (χ1v) is 5.65. The van der Waals surface area contributed by atoms with Crippen molar-refractivity contribution in [1.82, 2.24) is 15.5 Å². The lowest BCUT2D eigenvalue weighted by atomic mass is 9.92. The van der Waals surface area contributed by atoms with Crippen LogP contribution >= 0.6 is 0 Å². The molecule has 5 heteroatoms. The van der Waals surface area contributed by atoms with Crippen LogP contribution in [0.1, 0.15) is 50.8 Å². The van der Waals surface area contributed by atoms with Gasteiger partial charge in [-0.2, -0.15) is 5.10 Å². The molecular formula is C12H21N3O2. The molecule has 1 amide bonds. The SMILES string of the molecule is CC(C)(CO)NC(=O)c1cc(C(C)(C)C)[nH]n1. The third-order valence-corrected chi connectivity index (χ3v) is 2.47. The highest BCUT2D eigenvalue weighted by Gasteiger charge is 2.23. The van der Waals surface area contributed by atoms with Crippen molar-refractivity contribution in [2.24, 2.45) is 0 Å². The molecule has 5 nitrogen and oxygen atoms in total. The summed E-state index contributed by atoms with van der Waals surface area (Å²) in [6.45, 7) is 9.51. The van der Waals surface area contributed by atoms with E-state index >= 15 is 0 Å². The fourth-order valence-corrected chi connectivity index (χ4v) is 1.23. The van der Waals surface area contributed by atoms with Crippen molar-refractivity contribution in [2.75, 3.05) is 6.61 Å². The van der Waals surface area contributed by atoms with Gasteiger partial charge in [-0.3, -0.25) is 9.89 Å². The summed E-state index contributed by atoms with van der Waals surface area (Å²) in [6, 6.07) is 1.74. The zero-order valence-electron chi connectivity index (χ0n) is 11.1. The van der Waals surface area contributed by atoms with Gasteiger partial charge in [-0.1, -0.05) is 20.8 Å². The molecule has 0 radical (unpaired) electrons. The molecule has 0 bridgehead atoms. The normalized spacial score (nSPS) is 12.6. The van der Waals surface area contributed by atoms with Crippen molar-refractivity contribution >= 4 is 5.91 Å². The zero-order chi connectivity index (χ0) is 13.3. The minimum Gasteiger partial charge on any atom is -0.394 e. The minimum absolute atomic E-state index is 0.0714. The van der Waals surface area contributed by atoms with E-state index in [9.17, 15) is 4.79 Å². The molecule has 0 aliphatic carbocycles. The van der Waals surface area contributed by atoms with Crippen molar-refractivity contribution in [1.29, 1.82) is 0 Å². The molecule has 0 unspecified atom stereocenters. The van der Waals surface area contributed by atoms with Crippen LogP contribution in [0.3, 0.4) is 0 Å². The molecule has 96 valence electrons. The highest BCUT2D eigenvalue weighted by molar-refractivity contribution is 5.92. The number of carbonyl (C=O) groups excluding carboxylic acids is 1. The second-order valence-corrected chi connectivity index (χ2v) is 5.91. The number of nitrogens with zero attached hydrogens (tertiary/aromatic N) is 1. The summed E-state index contributed by atoms with van der Waals surface area (Å²) in [5, 5.41) is 18.6. The van der Waals surface area contributed by atoms with Crippen LogP contribution < -0.4 is 5.32 Å². The van der Waals surface area contributed by atoms with Gasteiger partial charge in [-0.15, -0.1) is 0 Å². The monoisotopic (exact) mass is 239 g/mol. The summed E-state index contributed by atoms with van der Waals surface area (Å²) in [5.41, 5.74) is 0.538. The molecule has 17 heavy (non-hydrogen) atoms. The molecule has 0 fully saturated rings. The maximum absolute atomic E-state index is 11.9. The number of amides is 1. The molecule has 0 aliphatic rings. The van der Waals surface area contributed by atoms with E-state index in [1.54, 1.807) is 19.9 Å². The number of aliphatic hydroxyl groups excluding tert-OH is 1. The maximum Gasteiger partial charge on any atom is 0.272 e. The molecule has 1 aromatic rings. The Balaban J connectivity index is 2.81. The molecule has 1 aromatic heterocycles. The molecule has 1 heterocycles. The van der Waals surface area contributed by atoms with Gasteiger partial charge in [-0.25, -0.2) is 0 Å². The third-order valence-electron chi connectivity index (χ3n) is 2.47. The van der Waals surface area contributed by atoms with Gasteiger partial charge in [0.15, 0.2) is 0 Å². The van der Waals surface area contributed by atoms with Gasteiger partial charge in [0.25, 0.3) is 5.91 Å². The molecule has 0 spiro atoms. The van der Waals surface area contributed by atoms with E-state index in [0.717, 1.165) is 5.69 Å². The average Bonchev–Trinajstić information content (AvgIpc) is 2.65. The predicted molar refractivity (Wildman–Crippen MR) is 65.9 cm³/mol. The average molecular weight is 239 g/mol. The maximum atomic E-state index is 11.9. The summed E-state index contributed by atoms with van der Waals surface area (Å²) in [4.78, 5) is 11.9. The predicted octanol–water partition coefficient (Wildman–Crippen LogP) is 1.21. The second kappa shape index (κ2) is 4.49. The van der Waals surface area contributed by atoms with Crippen LogP contribution in [0.25, 0.3) is 0 Å². The summed E-state index contributed by atoms with van der Waals surface area (Å²) in [6.07, 6.45) is 0. The first-order valence-electron chi connectivity index (χ1n) is 5.65. The molecule has 3 N–H and O–H groups in total. The highest BCUT2D eigenvalue weighted by atomic mass is 16.3. The van der Waals surface area contributed by atoms with E-state index in [2.05, 4.69) is 15.5 Å². The number of aliphatic hydroxyl groups is 1. The summed E-state index contributed by atoms with van der Waals surface area (Å²) in [5.74, 6) is -0.282. The van der Waals surface area contributed by atoms with Crippen LogP contribution in [0.2, 0.25) is 0 Å². The molecule has 0 saturated carbocycles. The lowest BCUT2D eigenvalue weighted by molar-refractivity contribution is 0.0864. The van der Waals surface area contributed by atoms with Gasteiger partial charge >= 0.3 is 0 Å². The van der Waals surface area contributed by atoms with E-state index < -0.39 is 5.54 Å². The Kier molecular flexibility index (Phi) is 3.62. The lowest BCUT2D eigenvalue weighted by Gasteiger charge is -2.22. The number of hydrogen-bond donors (Lipinski definition) is 3. The van der Waals surface area contributed by atoms with E-state index in [-0.39, 0.29) is 17.9 Å². The Morgan fingerprint density at radius 1 is 1.41 bits per heavy atom. The van der Waals surface area contributed by atoms with E-state index in [1.807, 2.05) is 20.8 Å². The van der Waals surface area contributed by atoms with E-state index in [4.69, 9.17) is 5.11 Å². The molecule has 0 aromatic carbocycles. The quantitative estimate of drug-likeness (QED) is 0.742. The number of hydrogen-bond acceptors (Lipinski definition) is 3. The minimum atomic E-state index is -0.641. The highest BCUT2D eigenvalue weighted by Crippen LogP contribution is 2.20. The Labute approximate surface area is 102 Å². The first-order chi connectivity index (χ1) is 7.65. The first kappa shape index (κ1) is 13.7. The van der Waals surface area contributed by atoms with Gasteiger partial charge in [0.2, 0.25) is 0 Å². The van der Waals surface area contributed by atoms with Gasteiger partial charge in [0, 0.05) is 11.1 Å². The number of nitrogens with one attached hydrogen (secondary N) is 2. The molecule has 0 saturated heterocycles. The zero-order valence-corrected chi connectivity index (χ0v) is 11.1. The topological polar surface area (TPSA) is 78.0 Å². The van der Waals surface area contributed by atoms with Crippen LogP contribution in [-0.2, 0) is 5.41 Å². The lowest BCUT2D eigenvalue weighted by Crippen LogP contribution is -2.46. The summed E-state index contributed by atoms with van der Waals surface area (Å²) in [7, 11) is 0. The summed E-state index contributed by atoms with van der Waals surface area (Å²) >= 11 is 0. The number of aromatic nitrogens is 2. The van der Waals surface area contributed by atoms with Crippen molar-refractivity contribution < 1.29 is 9.90 Å². The van der Waals surface area contributed by atoms with Crippen LogP contribution in [0.5, 0.6) is 0 Å². The smallest absolute Gasteiger partial charge is 0.272 e. The standard InChI is InChI=1S/C12H21N3O2/c1-11(2,3)9-6-8(14-15-9)10(17)13-12(4,5)7-16/h6,16H,7H2,1-5H3,(H,13,17)(H,14,15). The van der Waals surface area contributed by atoms with Crippen molar-refractivity contribution in [3.63, 3.8) is 0 Å². The largest absolute Gasteiger partial charge is 0.394 e. The Hall–Kier alpha value is -1.36. The van der Waals surface area contributed by atoms with Crippen molar-refractivity contribution in [3.8, 4) is 0 Å². The third kappa shape index (κ3) is 3.56. The van der Waals surface area contributed by atoms with E-state index in [0.29, 0.717) is 5.69 Å². The van der Waals surface area contributed by atoms with Crippen molar-refractivity contribution in [2.45, 2.75) is 45.6 Å². The van der Waals surface area contributed by atoms with Gasteiger partial charge < -0.3 is 10.4 Å². The van der Waals surface area contributed by atoms with Gasteiger partial charge in [0.05, 0.1) is 12.1 Å². The number of rotatable bonds is 3. The number of aromatic amines is 1. The van der Waals surface area contributed by atoms with E-state index in [1.165, 1.54) is 0 Å². The van der Waals surface area contributed by atoms with Crippen LogP contribution in [-0.4, -0.2) is 33.4 Å². The Morgan fingerprint density at radius 2 is 2.00 bits per heavy atom. The molecule has 1 rings (SSSR count). The fourth-order valence-electron chi connectivity index (χ4n) is 1.23. The fraction of sp³-hybridized carbons (Fsp3) is 0.667. The van der Waals surface area contributed by atoms with Gasteiger partial charge in [0.1, 0.15) is 5.69 Å². The van der Waals surface area contributed by atoms with Crippen molar-refractivity contribution in [3.05, 3.63) is 17.5 Å². The molecule has 0 aliphatic heterocycles. The van der Waals surface area contributed by atoms with Gasteiger partial charge in [-0.05, 0) is 19.9 Å². The van der Waals surface area contributed by atoms with Crippen LogP contribution in [0.15, 0.2) is 6.07 Å². The van der Waals surface area contributed by atoms with Crippen LogP contribution in [0.4, 0.5) is 0 Å². The number of carbonyl (C=O) groups is 1. The molecule has 0 atom stereocenters. The number of H-pyrrole nitrogens is 1. The summed E-state index contributed by atoms with van der Waals surface area (Å²) < 4.78 is 0. The second-order valence-electron chi connectivity index (χ2n) is 5.91. The van der Waals surface area contributed by atoms with Crippen LogP contribution in [0, 0.1) is 0 Å². The Bertz CT molecular complexity index is 402. The Morgan fingerprint density at radius 3 is 2.41 bits per heavy atom.